The molecular weight excluding hydrogens is 356 g/mol. The fourth-order valence-electron chi connectivity index (χ4n) is 3.03. The first-order valence-corrected chi connectivity index (χ1v) is 9.10. The largest absolute Gasteiger partial charge is 0.489 e. The lowest BCUT2D eigenvalue weighted by Gasteiger charge is -2.19. The van der Waals surface area contributed by atoms with Crippen molar-refractivity contribution in [1.29, 1.82) is 0 Å². The number of fused-ring (bicyclic) bond motifs is 2. The van der Waals surface area contributed by atoms with Gasteiger partial charge in [0.2, 0.25) is 0 Å². The van der Waals surface area contributed by atoms with E-state index in [9.17, 15) is 4.79 Å². The van der Waals surface area contributed by atoms with Crippen molar-refractivity contribution in [1.82, 2.24) is 14.8 Å². The molecule has 0 radical (unpaired) electrons. The van der Waals surface area contributed by atoms with Crippen molar-refractivity contribution in [3.63, 3.8) is 0 Å². The Bertz CT molecular complexity index is 1070. The summed E-state index contributed by atoms with van der Waals surface area (Å²) in [5, 5.41) is 4.08. The van der Waals surface area contributed by atoms with Gasteiger partial charge in [-0.1, -0.05) is 19.9 Å². The number of imidazole rings is 1. The summed E-state index contributed by atoms with van der Waals surface area (Å²) in [6, 6.07) is 11.2. The smallest absolute Gasteiger partial charge is 0.290 e. The molecule has 0 atom stereocenters. The molecule has 7 nitrogen and oxygen atoms in total. The van der Waals surface area contributed by atoms with Gasteiger partial charge in [-0.15, -0.1) is 0 Å². The Morgan fingerprint density at radius 2 is 2.00 bits per heavy atom. The highest BCUT2D eigenvalue weighted by Gasteiger charge is 2.25. The molecule has 0 fully saturated rings. The van der Waals surface area contributed by atoms with E-state index in [-0.39, 0.29) is 11.3 Å². The van der Waals surface area contributed by atoms with Crippen LogP contribution in [0.15, 0.2) is 47.7 Å². The second-order valence-corrected chi connectivity index (χ2v) is 7.62. The summed E-state index contributed by atoms with van der Waals surface area (Å²) >= 11 is 0. The van der Waals surface area contributed by atoms with Crippen LogP contribution < -0.4 is 14.9 Å². The summed E-state index contributed by atoms with van der Waals surface area (Å²) in [5.41, 5.74) is 5.16. The molecular formula is C21H22N4O3. The number of hydrogen-bond acceptors (Lipinski definition) is 5. The van der Waals surface area contributed by atoms with E-state index in [1.807, 2.05) is 36.4 Å². The van der Waals surface area contributed by atoms with Crippen molar-refractivity contribution in [2.24, 2.45) is 10.5 Å². The third-order valence-corrected chi connectivity index (χ3v) is 4.50. The van der Waals surface area contributed by atoms with E-state index in [1.54, 1.807) is 23.7 Å². The number of ether oxygens (including phenoxy) is 2. The molecule has 3 aromatic rings. The van der Waals surface area contributed by atoms with Gasteiger partial charge in [0.1, 0.15) is 11.3 Å². The monoisotopic (exact) mass is 378 g/mol. The SMILES string of the molecule is Cc1nc2ccccn2c1C(=O)N/N=C/c1ccc2c(c1)OCC(C)(C)CO2. The number of aryl methyl sites for hydroxylation is 1. The Balaban J connectivity index is 1.49. The molecule has 7 heteroatoms. The lowest BCUT2D eigenvalue weighted by atomic mass is 9.97. The number of benzene rings is 1. The van der Waals surface area contributed by atoms with E-state index in [0.717, 1.165) is 11.2 Å². The molecule has 1 N–H and O–H groups in total. The Kier molecular flexibility index (Phi) is 4.50. The van der Waals surface area contributed by atoms with Crippen molar-refractivity contribution < 1.29 is 14.3 Å². The Morgan fingerprint density at radius 1 is 1.21 bits per heavy atom. The average Bonchev–Trinajstić information content (AvgIpc) is 2.92. The number of amides is 1. The lowest BCUT2D eigenvalue weighted by molar-refractivity contribution is 0.0948. The van der Waals surface area contributed by atoms with E-state index in [2.05, 4.69) is 29.4 Å². The second-order valence-electron chi connectivity index (χ2n) is 7.62. The van der Waals surface area contributed by atoms with Crippen LogP contribution in [-0.4, -0.2) is 34.7 Å². The molecule has 144 valence electrons. The Labute approximate surface area is 163 Å². The zero-order valence-electron chi connectivity index (χ0n) is 16.1. The van der Waals surface area contributed by atoms with Crippen molar-refractivity contribution >= 4 is 17.8 Å². The highest BCUT2D eigenvalue weighted by molar-refractivity contribution is 5.95. The van der Waals surface area contributed by atoms with Gasteiger partial charge in [-0.3, -0.25) is 9.20 Å². The summed E-state index contributed by atoms with van der Waals surface area (Å²) in [6.45, 7) is 7.17. The Morgan fingerprint density at radius 3 is 2.82 bits per heavy atom. The van der Waals surface area contributed by atoms with Crippen molar-refractivity contribution in [3.05, 3.63) is 59.5 Å². The molecule has 0 bridgehead atoms. The number of hydrogen-bond donors (Lipinski definition) is 1. The topological polar surface area (TPSA) is 77.2 Å². The number of carbonyl (C=O) groups excluding carboxylic acids is 1. The third-order valence-electron chi connectivity index (χ3n) is 4.50. The first kappa shape index (κ1) is 18.0. The number of pyridine rings is 1. The van der Waals surface area contributed by atoms with Gasteiger partial charge in [-0.05, 0) is 42.8 Å². The number of nitrogens with one attached hydrogen (secondary N) is 1. The van der Waals surface area contributed by atoms with Gasteiger partial charge in [0.05, 0.1) is 25.1 Å². The van der Waals surface area contributed by atoms with E-state index in [0.29, 0.717) is 36.1 Å². The van der Waals surface area contributed by atoms with Crippen molar-refractivity contribution in [2.45, 2.75) is 20.8 Å². The molecule has 0 saturated heterocycles. The lowest BCUT2D eigenvalue weighted by Crippen LogP contribution is -2.26. The van der Waals surface area contributed by atoms with Gasteiger partial charge < -0.3 is 9.47 Å². The molecule has 1 aliphatic rings. The number of aromatic nitrogens is 2. The molecule has 3 heterocycles. The van der Waals surface area contributed by atoms with Crippen LogP contribution in [-0.2, 0) is 0 Å². The second kappa shape index (κ2) is 6.99. The fourth-order valence-corrected chi connectivity index (χ4v) is 3.03. The minimum absolute atomic E-state index is 0.0485. The molecule has 4 rings (SSSR count). The molecule has 0 saturated carbocycles. The van der Waals surface area contributed by atoms with Gasteiger partial charge in [-0.2, -0.15) is 5.10 Å². The van der Waals surface area contributed by atoms with Gasteiger partial charge in [-0.25, -0.2) is 10.4 Å². The van der Waals surface area contributed by atoms with E-state index >= 15 is 0 Å². The van der Waals surface area contributed by atoms with Crippen LogP contribution in [0.3, 0.4) is 0 Å². The molecule has 0 spiro atoms. The average molecular weight is 378 g/mol. The Hall–Kier alpha value is -3.35. The number of nitrogens with zero attached hydrogens (tertiary/aromatic N) is 3. The summed E-state index contributed by atoms with van der Waals surface area (Å²) in [4.78, 5) is 16.9. The maximum Gasteiger partial charge on any atom is 0.290 e. The molecule has 0 unspecified atom stereocenters. The van der Waals surface area contributed by atoms with Crippen LogP contribution in [0.5, 0.6) is 11.5 Å². The standard InChI is InChI=1S/C21H22N4O3/c1-14-19(25-9-5-4-6-18(25)23-14)20(26)24-22-11-15-7-8-16-17(10-15)28-13-21(2,3)12-27-16/h4-11H,12-13H2,1-3H3,(H,24,26)/b22-11+. The highest BCUT2D eigenvalue weighted by Crippen LogP contribution is 2.34. The van der Waals surface area contributed by atoms with Crippen LogP contribution in [0.2, 0.25) is 0 Å². The van der Waals surface area contributed by atoms with Crippen LogP contribution in [0.1, 0.15) is 35.6 Å². The normalized spacial score (nSPS) is 15.5. The maximum absolute atomic E-state index is 12.6. The zero-order chi connectivity index (χ0) is 19.7. The summed E-state index contributed by atoms with van der Waals surface area (Å²) in [7, 11) is 0. The maximum atomic E-state index is 12.6. The summed E-state index contributed by atoms with van der Waals surface area (Å²) in [6.07, 6.45) is 3.38. The van der Waals surface area contributed by atoms with Crippen LogP contribution >= 0.6 is 0 Å². The summed E-state index contributed by atoms with van der Waals surface area (Å²) in [5.74, 6) is 1.08. The minimum Gasteiger partial charge on any atom is -0.489 e. The highest BCUT2D eigenvalue weighted by atomic mass is 16.5. The fraction of sp³-hybridized carbons (Fsp3) is 0.286. The molecule has 1 amide bonds. The van der Waals surface area contributed by atoms with Gasteiger partial charge in [0.15, 0.2) is 11.5 Å². The molecule has 28 heavy (non-hydrogen) atoms. The van der Waals surface area contributed by atoms with E-state index in [4.69, 9.17) is 9.47 Å². The molecule has 0 aliphatic carbocycles. The van der Waals surface area contributed by atoms with Crippen molar-refractivity contribution in [3.8, 4) is 11.5 Å². The first-order chi connectivity index (χ1) is 13.4. The summed E-state index contributed by atoms with van der Waals surface area (Å²) < 4.78 is 13.4. The van der Waals surface area contributed by atoms with Crippen LogP contribution in [0, 0.1) is 12.3 Å². The predicted molar refractivity (Wildman–Crippen MR) is 106 cm³/mol. The first-order valence-electron chi connectivity index (χ1n) is 9.10. The van der Waals surface area contributed by atoms with Crippen LogP contribution in [0.25, 0.3) is 5.65 Å². The molecule has 2 aromatic heterocycles. The van der Waals surface area contributed by atoms with E-state index < -0.39 is 0 Å². The van der Waals surface area contributed by atoms with Crippen molar-refractivity contribution in [2.75, 3.05) is 13.2 Å². The number of hydrazone groups is 1. The third kappa shape index (κ3) is 3.55. The number of rotatable bonds is 3. The molecule has 1 aliphatic heterocycles. The molecule has 1 aromatic carbocycles. The number of carbonyl (C=O) groups is 1. The van der Waals surface area contributed by atoms with Gasteiger partial charge >= 0.3 is 0 Å². The van der Waals surface area contributed by atoms with Crippen LogP contribution in [0.4, 0.5) is 0 Å². The minimum atomic E-state index is -0.316. The quantitative estimate of drug-likeness (QED) is 0.561. The predicted octanol–water partition coefficient (Wildman–Crippen LogP) is 3.20. The van der Waals surface area contributed by atoms with Gasteiger partial charge in [0, 0.05) is 11.6 Å². The van der Waals surface area contributed by atoms with Gasteiger partial charge in [0.25, 0.3) is 5.91 Å². The van der Waals surface area contributed by atoms with E-state index in [1.165, 1.54) is 0 Å². The zero-order valence-corrected chi connectivity index (χ0v) is 16.1.